The summed E-state index contributed by atoms with van der Waals surface area (Å²) in [6.45, 7) is 3.05. The smallest absolute Gasteiger partial charge is 0.176 e. The van der Waals surface area contributed by atoms with Gasteiger partial charge in [-0.2, -0.15) is 5.26 Å². The number of rotatable bonds is 5. The third-order valence-corrected chi connectivity index (χ3v) is 3.93. The maximum Gasteiger partial charge on any atom is 0.176 e. The van der Waals surface area contributed by atoms with Crippen molar-refractivity contribution >= 4 is 17.1 Å². The average Bonchev–Trinajstić information content (AvgIpc) is 2.84. The zero-order chi connectivity index (χ0) is 14.5. The molecule has 1 aromatic carbocycles. The molecule has 5 heteroatoms. The van der Waals surface area contributed by atoms with Crippen LogP contribution in [0.1, 0.15) is 26.5 Å². The minimum absolute atomic E-state index is 0.0548. The van der Waals surface area contributed by atoms with Crippen molar-refractivity contribution < 1.29 is 4.79 Å². The van der Waals surface area contributed by atoms with Gasteiger partial charge < -0.3 is 0 Å². The molecule has 1 aromatic heterocycles. The number of Topliss-reactive ketones (excluding diaryl/α,β-unsaturated/α-hetero) is 1. The van der Waals surface area contributed by atoms with E-state index in [0.717, 1.165) is 12.2 Å². The normalized spacial score (nSPS) is 10.5. The fourth-order valence-corrected chi connectivity index (χ4v) is 2.70. The first-order valence-corrected chi connectivity index (χ1v) is 7.09. The van der Waals surface area contributed by atoms with Crippen LogP contribution in [-0.4, -0.2) is 29.3 Å². The van der Waals surface area contributed by atoms with Crippen LogP contribution in [-0.2, 0) is 6.54 Å². The maximum absolute atomic E-state index is 12.1. The summed E-state index contributed by atoms with van der Waals surface area (Å²) in [7, 11) is 1.92. The zero-order valence-corrected chi connectivity index (χ0v) is 12.3. The minimum Gasteiger partial charge on any atom is -0.294 e. The summed E-state index contributed by atoms with van der Waals surface area (Å²) in [4.78, 5) is 19.5. The minimum atomic E-state index is 0.0548. The molecule has 1 heterocycles. The number of hydrogen-bond acceptors (Lipinski definition) is 5. The van der Waals surface area contributed by atoms with Crippen LogP contribution >= 0.6 is 11.3 Å². The number of aromatic nitrogens is 1. The molecule has 20 heavy (non-hydrogen) atoms. The number of carbonyl (C=O) groups excluding carboxylic acids is 1. The van der Waals surface area contributed by atoms with E-state index in [1.165, 1.54) is 4.88 Å². The Morgan fingerprint density at radius 3 is 2.65 bits per heavy atom. The van der Waals surface area contributed by atoms with E-state index < -0.39 is 0 Å². The molecule has 0 spiro atoms. The molecular formula is C15H15N3OS. The third-order valence-electron chi connectivity index (χ3n) is 3.01. The number of nitrogens with zero attached hydrogens (tertiary/aromatic N) is 3. The van der Waals surface area contributed by atoms with Gasteiger partial charge in [0.2, 0.25) is 0 Å². The Balaban J connectivity index is 1.96. The van der Waals surface area contributed by atoms with Gasteiger partial charge in [-0.25, -0.2) is 4.98 Å². The number of thiazole rings is 1. The molecule has 0 aliphatic rings. The molecule has 0 unspecified atom stereocenters. The van der Waals surface area contributed by atoms with Crippen LogP contribution in [0, 0.1) is 18.3 Å². The Kier molecular flexibility index (Phi) is 4.61. The average molecular weight is 285 g/mol. The van der Waals surface area contributed by atoms with Gasteiger partial charge in [0.05, 0.1) is 29.4 Å². The lowest BCUT2D eigenvalue weighted by molar-refractivity contribution is 0.0943. The molecule has 2 rings (SSSR count). The monoisotopic (exact) mass is 285 g/mol. The van der Waals surface area contributed by atoms with E-state index in [4.69, 9.17) is 5.26 Å². The van der Waals surface area contributed by atoms with Gasteiger partial charge in [-0.05, 0) is 26.1 Å². The predicted molar refractivity (Wildman–Crippen MR) is 78.7 cm³/mol. The first-order chi connectivity index (χ1) is 9.60. The van der Waals surface area contributed by atoms with Gasteiger partial charge in [0.1, 0.15) is 0 Å². The van der Waals surface area contributed by atoms with Crippen LogP contribution in [0.5, 0.6) is 0 Å². The van der Waals surface area contributed by atoms with Gasteiger partial charge in [-0.15, -0.1) is 11.3 Å². The molecule has 2 aromatic rings. The van der Waals surface area contributed by atoms with E-state index >= 15 is 0 Å². The van der Waals surface area contributed by atoms with E-state index in [9.17, 15) is 4.79 Å². The van der Waals surface area contributed by atoms with Crippen LogP contribution in [0.3, 0.4) is 0 Å². The molecule has 0 saturated heterocycles. The van der Waals surface area contributed by atoms with Crippen molar-refractivity contribution in [3.05, 3.63) is 51.5 Å². The molecule has 0 aliphatic carbocycles. The summed E-state index contributed by atoms with van der Waals surface area (Å²) in [5.41, 5.74) is 4.04. The number of aryl methyl sites for hydroxylation is 1. The van der Waals surface area contributed by atoms with Crippen molar-refractivity contribution in [2.75, 3.05) is 13.6 Å². The van der Waals surface area contributed by atoms with Gasteiger partial charge in [-0.3, -0.25) is 9.69 Å². The molecule has 4 nitrogen and oxygen atoms in total. The van der Waals surface area contributed by atoms with Crippen molar-refractivity contribution in [2.45, 2.75) is 13.5 Å². The lowest BCUT2D eigenvalue weighted by Gasteiger charge is -2.15. The van der Waals surface area contributed by atoms with Crippen molar-refractivity contribution in [2.24, 2.45) is 0 Å². The van der Waals surface area contributed by atoms with Crippen molar-refractivity contribution in [1.82, 2.24) is 9.88 Å². The van der Waals surface area contributed by atoms with Gasteiger partial charge in [0, 0.05) is 17.0 Å². The topological polar surface area (TPSA) is 57.0 Å². The highest BCUT2D eigenvalue weighted by molar-refractivity contribution is 7.09. The molecule has 0 amide bonds. The summed E-state index contributed by atoms with van der Waals surface area (Å²) >= 11 is 1.61. The Hall–Kier alpha value is -2.03. The van der Waals surface area contributed by atoms with Crippen LogP contribution in [0.15, 0.2) is 29.8 Å². The highest BCUT2D eigenvalue weighted by atomic mass is 32.1. The van der Waals surface area contributed by atoms with E-state index in [1.54, 1.807) is 35.6 Å². The molecule has 102 valence electrons. The molecule has 0 fully saturated rings. The fourth-order valence-electron chi connectivity index (χ4n) is 1.85. The van der Waals surface area contributed by atoms with E-state index in [-0.39, 0.29) is 5.78 Å². The second-order valence-electron chi connectivity index (χ2n) is 4.65. The lowest BCUT2D eigenvalue weighted by Crippen LogP contribution is -2.25. The lowest BCUT2D eigenvalue weighted by atomic mass is 10.1. The van der Waals surface area contributed by atoms with Crippen LogP contribution in [0.2, 0.25) is 0 Å². The summed E-state index contributed by atoms with van der Waals surface area (Å²) in [5, 5.41) is 8.73. The molecule has 0 radical (unpaired) electrons. The Morgan fingerprint density at radius 2 is 2.10 bits per heavy atom. The van der Waals surface area contributed by atoms with Gasteiger partial charge >= 0.3 is 0 Å². The van der Waals surface area contributed by atoms with Crippen LogP contribution < -0.4 is 0 Å². The van der Waals surface area contributed by atoms with Gasteiger partial charge in [-0.1, -0.05) is 12.1 Å². The number of nitriles is 1. The number of hydrogen-bond donors (Lipinski definition) is 0. The highest BCUT2D eigenvalue weighted by Gasteiger charge is 2.11. The largest absolute Gasteiger partial charge is 0.294 e. The van der Waals surface area contributed by atoms with Crippen LogP contribution in [0.4, 0.5) is 0 Å². The second kappa shape index (κ2) is 6.42. The number of carbonyl (C=O) groups is 1. The van der Waals surface area contributed by atoms with Gasteiger partial charge in [0.25, 0.3) is 0 Å². The molecule has 0 N–H and O–H groups in total. The predicted octanol–water partition coefficient (Wildman–Crippen LogP) is 2.64. The maximum atomic E-state index is 12.1. The summed E-state index contributed by atoms with van der Waals surface area (Å²) < 4.78 is 0. The van der Waals surface area contributed by atoms with E-state index in [2.05, 4.69) is 4.98 Å². The zero-order valence-electron chi connectivity index (χ0n) is 11.5. The van der Waals surface area contributed by atoms with Crippen LogP contribution in [0.25, 0.3) is 0 Å². The van der Waals surface area contributed by atoms with Gasteiger partial charge in [0.15, 0.2) is 5.78 Å². The quantitative estimate of drug-likeness (QED) is 0.792. The van der Waals surface area contributed by atoms with Crippen molar-refractivity contribution in [1.29, 1.82) is 5.26 Å². The molecule has 0 saturated carbocycles. The summed E-state index contributed by atoms with van der Waals surface area (Å²) in [5.74, 6) is 0.0548. The Labute approximate surface area is 122 Å². The van der Waals surface area contributed by atoms with Crippen molar-refractivity contribution in [3.63, 3.8) is 0 Å². The fraction of sp³-hybridized carbons (Fsp3) is 0.267. The summed E-state index contributed by atoms with van der Waals surface area (Å²) in [6.07, 6.45) is 0. The van der Waals surface area contributed by atoms with E-state index in [0.29, 0.717) is 17.7 Å². The molecular weight excluding hydrogens is 270 g/mol. The number of benzene rings is 1. The second-order valence-corrected chi connectivity index (χ2v) is 5.58. The van der Waals surface area contributed by atoms with Crippen molar-refractivity contribution in [3.8, 4) is 6.07 Å². The first kappa shape index (κ1) is 14.4. The number of ketones is 1. The Bertz CT molecular complexity index is 640. The van der Waals surface area contributed by atoms with E-state index in [1.807, 2.05) is 30.5 Å². The summed E-state index contributed by atoms with van der Waals surface area (Å²) in [6, 6.07) is 8.78. The Morgan fingerprint density at radius 1 is 1.40 bits per heavy atom. The SMILES string of the molecule is Cc1ncsc1CN(C)CC(=O)c1ccc(C#N)cc1. The standard InChI is InChI=1S/C15H15N3OS/c1-11-15(20-10-17-11)9-18(2)8-14(19)13-5-3-12(7-16)4-6-13/h3-6,10H,8-9H2,1-2H3. The molecule has 0 aliphatic heterocycles. The third kappa shape index (κ3) is 3.50. The highest BCUT2D eigenvalue weighted by Crippen LogP contribution is 2.14. The number of likely N-dealkylation sites (N-methyl/N-ethyl adjacent to an activating group) is 1. The molecule has 0 bridgehead atoms. The first-order valence-electron chi connectivity index (χ1n) is 6.21. The molecule has 0 atom stereocenters.